The van der Waals surface area contributed by atoms with Gasteiger partial charge in [0.05, 0.1) is 22.7 Å². The Morgan fingerprint density at radius 2 is 0.763 bits per heavy atom. The molecule has 0 spiro atoms. The van der Waals surface area contributed by atoms with Crippen LogP contribution in [0.3, 0.4) is 0 Å². The number of nitrogens with one attached hydrogen (secondary N) is 2. The first-order valence-electron chi connectivity index (χ1n) is 21.8. The fourth-order valence-electron chi connectivity index (χ4n) is 6.14. The van der Waals surface area contributed by atoms with Crippen molar-refractivity contribution in [2.45, 2.75) is 51.3 Å². The molecule has 0 heterocycles. The van der Waals surface area contributed by atoms with E-state index in [0.29, 0.717) is 0 Å². The third-order valence-corrected chi connectivity index (χ3v) is 10.8. The molecule has 2 amide bonds. The Morgan fingerprint density at radius 1 is 0.461 bits per heavy atom. The van der Waals surface area contributed by atoms with E-state index in [9.17, 15) is 54.7 Å². The molecule has 0 saturated carbocycles. The van der Waals surface area contributed by atoms with Crippen molar-refractivity contribution >= 4 is 113 Å². The number of esters is 4. The maximum Gasteiger partial charge on any atom is 0.302 e. The highest BCUT2D eigenvalue weighted by atomic mass is 32.2. The first-order valence-corrected chi connectivity index (χ1v) is 24.6. The van der Waals surface area contributed by atoms with E-state index in [1.165, 1.54) is 12.1 Å². The number of nitrogen functional groups attached to an aromatic ring is 2. The molecule has 4 aromatic rings. The second-order valence-corrected chi connectivity index (χ2v) is 17.7. The predicted octanol–water partition coefficient (Wildman–Crippen LogP) is 6.28. The van der Waals surface area contributed by atoms with Crippen molar-refractivity contribution in [3.8, 4) is 23.0 Å². The molecule has 4 rings (SSSR count). The standard InChI is InChI=1S/C44H50N10O20S2/c1-23(55)47-31-9-7-11-33(43(31)75(61,62)63)49-51-37-35(71-17-13-67-25(3)57)21-29(45)41(73-19-15-69-27(5)59)39(37)53-54-40-38(52-50-34-12-8-10-32(48-24(2)56)44(34)76(64,65)66)36(72-18-14-68-26(4)58)22-30(46)42(40)74-20-16-70-28(6)60/h7-12,21-22H,13-20,45-46H2,1-6H3,(H,47,55)(H,48,56)(H,61,62,63)(H,64,65,66). The van der Waals surface area contributed by atoms with E-state index in [1.807, 2.05) is 0 Å². The molecule has 32 heteroatoms. The highest BCUT2D eigenvalue weighted by Crippen LogP contribution is 2.53. The molecule has 4 aromatic carbocycles. The van der Waals surface area contributed by atoms with Gasteiger partial charge in [0.1, 0.15) is 74.0 Å². The summed E-state index contributed by atoms with van der Waals surface area (Å²) in [7, 11) is -10.4. The van der Waals surface area contributed by atoms with Crippen LogP contribution in [-0.4, -0.2) is 114 Å². The summed E-state index contributed by atoms with van der Waals surface area (Å²) in [5.74, 6) is -5.71. The Balaban J connectivity index is 2.20. The van der Waals surface area contributed by atoms with E-state index in [0.717, 1.165) is 77.9 Å². The number of azo groups is 3. The highest BCUT2D eigenvalue weighted by molar-refractivity contribution is 7.86. The second-order valence-electron chi connectivity index (χ2n) is 15.0. The number of nitrogens with zero attached hydrogens (tertiary/aromatic N) is 6. The average molecular weight is 1100 g/mol. The zero-order chi connectivity index (χ0) is 56.3. The summed E-state index contributed by atoms with van der Waals surface area (Å²) in [4.78, 5) is 69.0. The minimum atomic E-state index is -5.18. The molecule has 408 valence electrons. The molecule has 0 bridgehead atoms. The molecule has 76 heavy (non-hydrogen) atoms. The highest BCUT2D eigenvalue weighted by Gasteiger charge is 2.27. The third kappa shape index (κ3) is 18.0. The molecule has 0 unspecified atom stereocenters. The van der Waals surface area contributed by atoms with Crippen LogP contribution in [0.4, 0.5) is 56.9 Å². The van der Waals surface area contributed by atoms with Gasteiger partial charge in [-0.2, -0.15) is 16.8 Å². The molecular weight excluding hydrogens is 1050 g/mol. The van der Waals surface area contributed by atoms with Crippen LogP contribution in [0.1, 0.15) is 41.5 Å². The maximum atomic E-state index is 12.8. The minimum Gasteiger partial charge on any atom is -0.488 e. The van der Waals surface area contributed by atoms with Crippen LogP contribution in [0.25, 0.3) is 0 Å². The predicted molar refractivity (Wildman–Crippen MR) is 264 cm³/mol. The Morgan fingerprint density at radius 3 is 1.05 bits per heavy atom. The molecule has 0 fully saturated rings. The number of anilines is 4. The Kier molecular flexibility index (Phi) is 21.5. The quantitative estimate of drug-likeness (QED) is 0.0101. The van der Waals surface area contributed by atoms with Crippen LogP contribution >= 0.6 is 0 Å². The summed E-state index contributed by atoms with van der Waals surface area (Å²) >= 11 is 0. The van der Waals surface area contributed by atoms with Gasteiger partial charge in [-0.25, -0.2) is 0 Å². The van der Waals surface area contributed by atoms with Gasteiger partial charge in [-0.3, -0.25) is 37.9 Å². The number of carbonyl (C=O) groups excluding carboxylic acids is 6. The number of nitrogens with two attached hydrogens (primary N) is 2. The van der Waals surface area contributed by atoms with Crippen LogP contribution in [0.2, 0.25) is 0 Å². The van der Waals surface area contributed by atoms with Crippen molar-refractivity contribution in [1.82, 2.24) is 0 Å². The third-order valence-electron chi connectivity index (χ3n) is 8.90. The molecule has 0 aliphatic heterocycles. The molecule has 30 nitrogen and oxygen atoms in total. The van der Waals surface area contributed by atoms with Gasteiger partial charge in [-0.15, -0.1) is 30.7 Å². The van der Waals surface area contributed by atoms with Gasteiger partial charge in [0, 0.05) is 53.7 Å². The van der Waals surface area contributed by atoms with Gasteiger partial charge in [0.2, 0.25) is 11.8 Å². The summed E-state index contributed by atoms with van der Waals surface area (Å²) in [5, 5.41) is 29.9. The first-order chi connectivity index (χ1) is 35.8. The molecule has 0 atom stereocenters. The van der Waals surface area contributed by atoms with Gasteiger partial charge >= 0.3 is 23.9 Å². The second kappa shape index (κ2) is 27.4. The van der Waals surface area contributed by atoms with Crippen LogP contribution < -0.4 is 41.0 Å². The fraction of sp³-hybridized carbons (Fsp3) is 0.318. The summed E-state index contributed by atoms with van der Waals surface area (Å²) in [6.07, 6.45) is 0. The number of rotatable bonds is 26. The Labute approximate surface area is 432 Å². The van der Waals surface area contributed by atoms with Gasteiger partial charge in [0.25, 0.3) is 20.2 Å². The van der Waals surface area contributed by atoms with E-state index >= 15 is 0 Å². The van der Waals surface area contributed by atoms with Crippen LogP contribution in [0, 0.1) is 0 Å². The monoisotopic (exact) mass is 1100 g/mol. The molecule has 0 radical (unpaired) electrons. The summed E-state index contributed by atoms with van der Waals surface area (Å²) in [6, 6.07) is 9.29. The smallest absolute Gasteiger partial charge is 0.302 e. The van der Waals surface area contributed by atoms with Crippen molar-refractivity contribution in [1.29, 1.82) is 0 Å². The summed E-state index contributed by atoms with van der Waals surface area (Å²) in [6.45, 7) is 3.52. The van der Waals surface area contributed by atoms with Crippen LogP contribution in [0.5, 0.6) is 23.0 Å². The summed E-state index contributed by atoms with van der Waals surface area (Å²) < 4.78 is 116. The number of carbonyl (C=O) groups is 6. The molecule has 0 aliphatic rings. The van der Waals surface area contributed by atoms with Crippen molar-refractivity contribution in [2.75, 3.05) is 75.0 Å². The van der Waals surface area contributed by atoms with E-state index in [-0.39, 0.29) is 49.3 Å². The molecular formula is C44H50N10O20S2. The van der Waals surface area contributed by atoms with Crippen molar-refractivity contribution in [3.63, 3.8) is 0 Å². The molecule has 0 saturated heterocycles. The summed E-state index contributed by atoms with van der Waals surface area (Å²) in [5.41, 5.74) is 8.39. The normalized spacial score (nSPS) is 11.5. The zero-order valence-corrected chi connectivity index (χ0v) is 42.8. The van der Waals surface area contributed by atoms with Gasteiger partial charge < -0.3 is 60.0 Å². The van der Waals surface area contributed by atoms with E-state index in [1.54, 1.807) is 0 Å². The Bertz CT molecular complexity index is 2980. The molecule has 0 aliphatic carbocycles. The first kappa shape index (κ1) is 59.7. The maximum absolute atomic E-state index is 12.8. The number of hydrogen-bond donors (Lipinski definition) is 6. The average Bonchev–Trinajstić information content (AvgIpc) is 3.30. The van der Waals surface area contributed by atoms with Crippen molar-refractivity contribution < 1.29 is 92.6 Å². The molecule has 8 N–H and O–H groups in total. The van der Waals surface area contributed by atoms with Crippen molar-refractivity contribution in [2.24, 2.45) is 30.7 Å². The number of ether oxygens (including phenoxy) is 8. The lowest BCUT2D eigenvalue weighted by molar-refractivity contribution is -0.142. The number of amides is 2. The Hall–Kier alpha value is -8.88. The number of benzene rings is 4. The van der Waals surface area contributed by atoms with E-state index < -0.39 is 149 Å². The number of hydrogen-bond acceptors (Lipinski definition) is 26. The topological polar surface area (TPSA) is 435 Å². The lowest BCUT2D eigenvalue weighted by Gasteiger charge is -2.18. The van der Waals surface area contributed by atoms with E-state index in [2.05, 4.69) is 41.3 Å². The zero-order valence-electron chi connectivity index (χ0n) is 41.2. The van der Waals surface area contributed by atoms with E-state index in [4.69, 9.17) is 49.4 Å². The largest absolute Gasteiger partial charge is 0.488 e. The van der Waals surface area contributed by atoms with Crippen LogP contribution in [0.15, 0.2) is 89.0 Å². The minimum absolute atomic E-state index is 0.291. The lowest BCUT2D eigenvalue weighted by Crippen LogP contribution is -2.12. The van der Waals surface area contributed by atoms with Gasteiger partial charge in [-0.1, -0.05) is 12.1 Å². The molecule has 0 aromatic heterocycles. The fourth-order valence-corrected chi connectivity index (χ4v) is 7.68. The van der Waals surface area contributed by atoms with Crippen molar-refractivity contribution in [3.05, 3.63) is 48.5 Å². The lowest BCUT2D eigenvalue weighted by atomic mass is 10.2. The van der Waals surface area contributed by atoms with Gasteiger partial charge in [-0.05, 0) is 24.3 Å². The van der Waals surface area contributed by atoms with Gasteiger partial charge in [0.15, 0.2) is 45.7 Å². The SMILES string of the molecule is CC(=O)Nc1cccc(N=Nc2c(OCCOC(C)=O)cc(N)c(OCCOC(C)=O)c2N=Nc2c(N=Nc3cccc(NC(C)=O)c3S(=O)(=O)O)c(OCCOC(C)=O)cc(N)c2OCCOC(C)=O)c1S(=O)(=O)O. The van der Waals surface area contributed by atoms with Crippen LogP contribution in [-0.2, 0) is 68.0 Å².